The van der Waals surface area contributed by atoms with Crippen LogP contribution in [-0.4, -0.2) is 59.9 Å². The largest absolute Gasteiger partial charge is 1.00 e. The van der Waals surface area contributed by atoms with Gasteiger partial charge in [0.25, 0.3) is 0 Å². The highest BCUT2D eigenvalue weighted by molar-refractivity contribution is 5.20. The number of quaternary nitrogens is 1. The summed E-state index contributed by atoms with van der Waals surface area (Å²) in [7, 11) is 0. The Bertz CT molecular complexity index is 398. The Labute approximate surface area is 153 Å². The Kier molecular flexibility index (Phi) is 12.5. The van der Waals surface area contributed by atoms with E-state index in [1.54, 1.807) is 6.08 Å². The summed E-state index contributed by atoms with van der Waals surface area (Å²) < 4.78 is 0. The zero-order valence-corrected chi connectivity index (χ0v) is 15.0. The van der Waals surface area contributed by atoms with Crippen molar-refractivity contribution in [1.29, 1.82) is 0 Å². The van der Waals surface area contributed by atoms with Gasteiger partial charge in [-0.15, -0.1) is 14.5 Å². The number of hydroxylamine groups is 3. The van der Waals surface area contributed by atoms with Crippen molar-refractivity contribution in [2.24, 2.45) is 0 Å². The minimum Gasteiger partial charge on any atom is -1.00 e. The molecule has 8 heteroatoms. The molecule has 1 unspecified atom stereocenters. The van der Waals surface area contributed by atoms with E-state index in [-0.39, 0.29) is 63.6 Å². The van der Waals surface area contributed by atoms with Crippen LogP contribution in [0.3, 0.4) is 0 Å². The lowest BCUT2D eigenvalue weighted by Crippen LogP contribution is -3.00. The van der Waals surface area contributed by atoms with Gasteiger partial charge in [-0.05, 0) is 6.08 Å². The van der Waals surface area contributed by atoms with Gasteiger partial charge in [-0.3, -0.25) is 0 Å². The summed E-state index contributed by atoms with van der Waals surface area (Å²) in [5, 5.41) is 27.1. The Morgan fingerprint density at radius 2 is 1.35 bits per heavy atom. The highest BCUT2D eigenvalue weighted by Crippen LogP contribution is 2.32. The molecular weight excluding hydrogens is 417 g/mol. The van der Waals surface area contributed by atoms with Crippen LogP contribution >= 0.6 is 0 Å². The van der Waals surface area contributed by atoms with Gasteiger partial charge < -0.3 is 39.3 Å². The molecule has 0 radical (unpaired) electrons. The monoisotopic (exact) mass is 441 g/mol. The molecule has 1 rings (SSSR count). The number of halogens is 1. The number of hydrogen-bond acceptors (Lipinski definition) is 6. The van der Waals surface area contributed by atoms with Gasteiger partial charge in [-0.2, -0.15) is 0 Å². The van der Waals surface area contributed by atoms with Crippen LogP contribution in [0.15, 0.2) is 43.0 Å². The summed E-state index contributed by atoms with van der Waals surface area (Å²) in [5.41, 5.74) is 0.811. The van der Waals surface area contributed by atoms with Gasteiger partial charge in [0, 0.05) is 5.56 Å². The predicted octanol–water partition coefficient (Wildman–Crippen LogP) is -2.49. The molecule has 0 aliphatic heterocycles. The number of rotatable bonds is 12. The van der Waals surface area contributed by atoms with Crippen molar-refractivity contribution in [3.05, 3.63) is 48.6 Å². The fourth-order valence-electron chi connectivity index (χ4n) is 1.95. The van der Waals surface area contributed by atoms with E-state index in [1.165, 1.54) is 0 Å². The first-order valence-corrected chi connectivity index (χ1v) is 7.06. The number of nitrogens with zero attached hydrogens (tertiary/aromatic N) is 1. The Morgan fingerprint density at radius 3 is 1.70 bits per heavy atom. The zero-order chi connectivity index (χ0) is 16.3. The molecule has 0 saturated carbocycles. The summed E-state index contributed by atoms with van der Waals surface area (Å²) >= 11 is 0. The van der Waals surface area contributed by atoms with Crippen molar-refractivity contribution in [2.75, 3.05) is 39.6 Å². The fraction of sp³-hybridized carbons (Fsp3) is 0.467. The molecule has 0 fully saturated rings. The van der Waals surface area contributed by atoms with Crippen LogP contribution in [0.25, 0.3) is 0 Å². The maximum atomic E-state index is 9.03. The highest BCUT2D eigenvalue weighted by Gasteiger charge is 2.44. The third kappa shape index (κ3) is 6.81. The van der Waals surface area contributed by atoms with Gasteiger partial charge in [0.05, 0.1) is 19.8 Å². The van der Waals surface area contributed by atoms with Gasteiger partial charge in [0.1, 0.15) is 24.8 Å². The molecule has 0 spiro atoms. The maximum absolute atomic E-state index is 9.03. The lowest BCUT2D eigenvalue weighted by molar-refractivity contribution is -1.38. The van der Waals surface area contributed by atoms with Gasteiger partial charge in [-0.1, -0.05) is 36.9 Å². The molecule has 0 aliphatic carbocycles. The van der Waals surface area contributed by atoms with Crippen molar-refractivity contribution < 1.29 is 58.8 Å². The lowest BCUT2D eigenvalue weighted by Gasteiger charge is -2.34. The summed E-state index contributed by atoms with van der Waals surface area (Å²) in [6, 6.07) is 8.72. The van der Waals surface area contributed by atoms with Gasteiger partial charge >= 0.3 is 0 Å². The second-order valence-corrected chi connectivity index (χ2v) is 4.30. The zero-order valence-electron chi connectivity index (χ0n) is 12.9. The molecule has 0 aromatic heterocycles. The van der Waals surface area contributed by atoms with Gasteiger partial charge in [0.15, 0.2) is 0 Å². The number of aliphatic hydroxyl groups is 3. The van der Waals surface area contributed by atoms with Crippen molar-refractivity contribution >= 4 is 0 Å². The van der Waals surface area contributed by atoms with Crippen molar-refractivity contribution in [3.63, 3.8) is 0 Å². The van der Waals surface area contributed by atoms with Crippen LogP contribution < -0.4 is 24.0 Å². The standard InChI is InChI=1S/C15H24NO6.HI/c1-2-15(14-6-4-3-5-7-14)16(20-11-8-17,21-12-9-18)22-13-10-19;/h2-7,15,17-19H,1,8-13H2;1H/q+1;/p-1. The normalized spacial score (nSPS) is 12.5. The lowest BCUT2D eigenvalue weighted by atomic mass is 10.1. The molecule has 0 heterocycles. The van der Waals surface area contributed by atoms with Crippen LogP contribution in [-0.2, 0) is 14.5 Å². The van der Waals surface area contributed by atoms with Crippen LogP contribution in [0.2, 0.25) is 0 Å². The van der Waals surface area contributed by atoms with Crippen LogP contribution in [0, 0.1) is 0 Å². The van der Waals surface area contributed by atoms with Crippen LogP contribution in [0.4, 0.5) is 0 Å². The molecule has 1 aromatic rings. The van der Waals surface area contributed by atoms with E-state index < -0.39 is 11.0 Å². The second-order valence-electron chi connectivity index (χ2n) is 4.30. The molecule has 3 N–H and O–H groups in total. The summed E-state index contributed by atoms with van der Waals surface area (Å²) in [5.74, 6) is 0. The van der Waals surface area contributed by atoms with E-state index in [0.29, 0.717) is 0 Å². The molecule has 1 atom stereocenters. The highest BCUT2D eigenvalue weighted by atomic mass is 127. The van der Waals surface area contributed by atoms with Crippen LogP contribution in [0.5, 0.6) is 0 Å². The maximum Gasteiger partial charge on any atom is 0.230 e. The number of benzene rings is 1. The van der Waals surface area contributed by atoms with Crippen molar-refractivity contribution in [3.8, 4) is 0 Å². The molecule has 0 aliphatic rings. The average Bonchev–Trinajstić information content (AvgIpc) is 2.57. The molecule has 7 nitrogen and oxygen atoms in total. The fourth-order valence-corrected chi connectivity index (χ4v) is 1.95. The smallest absolute Gasteiger partial charge is 0.230 e. The molecule has 132 valence electrons. The van der Waals surface area contributed by atoms with Crippen molar-refractivity contribution in [1.82, 2.24) is 0 Å². The summed E-state index contributed by atoms with van der Waals surface area (Å²) in [4.78, 5) is 15.8. The Hall–Kier alpha value is -0.590. The predicted molar refractivity (Wildman–Crippen MR) is 78.8 cm³/mol. The topological polar surface area (TPSA) is 88.4 Å². The van der Waals surface area contributed by atoms with E-state index in [1.807, 2.05) is 30.3 Å². The van der Waals surface area contributed by atoms with E-state index in [2.05, 4.69) is 6.58 Å². The van der Waals surface area contributed by atoms with E-state index in [4.69, 9.17) is 29.8 Å². The molecule has 23 heavy (non-hydrogen) atoms. The molecule has 0 bridgehead atoms. The second kappa shape index (κ2) is 12.8. The molecule has 0 saturated heterocycles. The summed E-state index contributed by atoms with van der Waals surface area (Å²) in [6.07, 6.45) is 1.58. The van der Waals surface area contributed by atoms with Gasteiger partial charge in [0.2, 0.25) is 6.04 Å². The third-order valence-corrected chi connectivity index (χ3v) is 2.79. The Balaban J connectivity index is 0.00000484. The van der Waals surface area contributed by atoms with E-state index in [0.717, 1.165) is 5.56 Å². The van der Waals surface area contributed by atoms with Crippen molar-refractivity contribution in [2.45, 2.75) is 6.04 Å². The van der Waals surface area contributed by atoms with Crippen LogP contribution in [0.1, 0.15) is 11.6 Å². The number of hydrogen-bond donors (Lipinski definition) is 3. The van der Waals surface area contributed by atoms with E-state index in [9.17, 15) is 0 Å². The quantitative estimate of drug-likeness (QED) is 0.144. The SMILES string of the molecule is C=CC(c1ccccc1)[N+](OCCO)(OCCO)OCCO.[I-]. The van der Waals surface area contributed by atoms with Gasteiger partial charge in [-0.25, -0.2) is 0 Å². The molecular formula is C15H24INO6. The number of aliphatic hydroxyl groups excluding tert-OH is 3. The third-order valence-electron chi connectivity index (χ3n) is 2.79. The first-order valence-electron chi connectivity index (χ1n) is 7.06. The average molecular weight is 441 g/mol. The van der Waals surface area contributed by atoms with E-state index >= 15 is 0 Å². The molecule has 1 aromatic carbocycles. The molecule has 0 amide bonds. The summed E-state index contributed by atoms with van der Waals surface area (Å²) in [6.45, 7) is 2.94. The Morgan fingerprint density at radius 1 is 0.913 bits per heavy atom. The first kappa shape index (κ1) is 22.4. The minimum atomic E-state index is -0.783. The first-order chi connectivity index (χ1) is 10.7. The minimum absolute atomic E-state index is 0.